The summed E-state index contributed by atoms with van der Waals surface area (Å²) in [5.41, 5.74) is 8.00. The smallest absolute Gasteiger partial charge is 0.303 e. The molecule has 0 atom stereocenters. The van der Waals surface area contributed by atoms with E-state index in [-0.39, 0.29) is 18.3 Å². The summed E-state index contributed by atoms with van der Waals surface area (Å²) in [5.74, 6) is -2.15. The van der Waals surface area contributed by atoms with E-state index < -0.39 is 17.8 Å². The summed E-state index contributed by atoms with van der Waals surface area (Å²) in [5, 5.41) is 8.58. The first-order valence-corrected chi connectivity index (χ1v) is 9.00. The third-order valence-corrected chi connectivity index (χ3v) is 4.25. The van der Waals surface area contributed by atoms with Crippen molar-refractivity contribution in [3.05, 3.63) is 65.0 Å². The van der Waals surface area contributed by atoms with Gasteiger partial charge < -0.3 is 5.11 Å². The molecule has 2 aromatic rings. The Hall–Kier alpha value is -3.22. The summed E-state index contributed by atoms with van der Waals surface area (Å²) in [4.78, 5) is 38.4. The van der Waals surface area contributed by atoms with E-state index >= 15 is 0 Å². The normalized spacial score (nSPS) is 11.0. The van der Waals surface area contributed by atoms with Gasteiger partial charge in [0.2, 0.25) is 5.91 Å². The lowest BCUT2D eigenvalue weighted by Gasteiger charge is -2.19. The van der Waals surface area contributed by atoms with Gasteiger partial charge in [-0.25, -0.2) is 0 Å². The van der Waals surface area contributed by atoms with Crippen LogP contribution in [0, 0.1) is 0 Å². The minimum atomic E-state index is -1.08. The Labute approximate surface area is 164 Å². The first-order valence-electron chi connectivity index (χ1n) is 9.00. The standard InChI is InChI=1S/C21H25N3O4/c1-21(2,3)16-6-4-14(5-7-16)12-15-10-11-22-13-17(15)20(28)24-23-18(25)8-9-19(26)27/h4-7,10-11,13H,8-9,12H2,1-3H3,(H,23,25)(H,24,28)(H,26,27). The molecule has 0 bridgehead atoms. The Morgan fingerprint density at radius 2 is 1.68 bits per heavy atom. The number of hydrazine groups is 1. The lowest BCUT2D eigenvalue weighted by molar-refractivity contribution is -0.138. The fourth-order valence-electron chi connectivity index (χ4n) is 2.60. The minimum Gasteiger partial charge on any atom is -0.481 e. The number of rotatable bonds is 6. The number of benzene rings is 1. The second-order valence-corrected chi connectivity index (χ2v) is 7.55. The van der Waals surface area contributed by atoms with Gasteiger partial charge in [-0.05, 0) is 34.6 Å². The third-order valence-electron chi connectivity index (χ3n) is 4.25. The molecule has 0 aliphatic carbocycles. The molecule has 0 saturated carbocycles. The summed E-state index contributed by atoms with van der Waals surface area (Å²) in [6.45, 7) is 6.45. The molecule has 0 radical (unpaired) electrons. The second kappa shape index (κ2) is 9.12. The highest BCUT2D eigenvalue weighted by Gasteiger charge is 2.15. The number of carbonyl (C=O) groups excluding carboxylic acids is 2. The number of aromatic nitrogens is 1. The van der Waals surface area contributed by atoms with E-state index in [4.69, 9.17) is 5.11 Å². The summed E-state index contributed by atoms with van der Waals surface area (Å²) in [7, 11) is 0. The largest absolute Gasteiger partial charge is 0.481 e. The van der Waals surface area contributed by atoms with E-state index in [9.17, 15) is 14.4 Å². The molecule has 1 aromatic heterocycles. The second-order valence-electron chi connectivity index (χ2n) is 7.55. The predicted octanol–water partition coefficient (Wildman–Crippen LogP) is 2.60. The van der Waals surface area contributed by atoms with Gasteiger partial charge in [0.25, 0.3) is 5.91 Å². The van der Waals surface area contributed by atoms with Gasteiger partial charge >= 0.3 is 5.97 Å². The highest BCUT2D eigenvalue weighted by Crippen LogP contribution is 2.23. The van der Waals surface area contributed by atoms with Gasteiger partial charge in [0, 0.05) is 18.8 Å². The third kappa shape index (κ3) is 6.19. The maximum absolute atomic E-state index is 12.4. The zero-order valence-electron chi connectivity index (χ0n) is 16.3. The number of nitrogens with zero attached hydrogens (tertiary/aromatic N) is 1. The Kier molecular flexibility index (Phi) is 6.87. The van der Waals surface area contributed by atoms with E-state index in [1.807, 2.05) is 12.1 Å². The molecule has 1 heterocycles. The van der Waals surface area contributed by atoms with Crippen molar-refractivity contribution >= 4 is 17.8 Å². The van der Waals surface area contributed by atoms with Crippen molar-refractivity contribution in [1.82, 2.24) is 15.8 Å². The molecule has 7 nitrogen and oxygen atoms in total. The minimum absolute atomic E-state index is 0.0685. The molecule has 0 spiro atoms. The molecule has 0 aliphatic rings. The average molecular weight is 383 g/mol. The molecule has 0 unspecified atom stereocenters. The quantitative estimate of drug-likeness (QED) is 0.665. The molecule has 148 valence electrons. The highest BCUT2D eigenvalue weighted by atomic mass is 16.4. The van der Waals surface area contributed by atoms with Crippen LogP contribution in [-0.2, 0) is 21.4 Å². The summed E-state index contributed by atoms with van der Waals surface area (Å²) >= 11 is 0. The van der Waals surface area contributed by atoms with E-state index in [2.05, 4.69) is 48.7 Å². The van der Waals surface area contributed by atoms with E-state index in [1.54, 1.807) is 12.3 Å². The zero-order chi connectivity index (χ0) is 20.7. The number of amides is 2. The molecule has 7 heteroatoms. The molecule has 3 N–H and O–H groups in total. The van der Waals surface area contributed by atoms with Crippen LogP contribution in [0.1, 0.15) is 60.7 Å². The molecular formula is C21H25N3O4. The van der Waals surface area contributed by atoms with Gasteiger partial charge in [-0.3, -0.25) is 30.2 Å². The topological polar surface area (TPSA) is 108 Å². The molecule has 1 aromatic carbocycles. The Morgan fingerprint density at radius 1 is 1.00 bits per heavy atom. The van der Waals surface area contributed by atoms with Crippen LogP contribution < -0.4 is 10.9 Å². The maximum Gasteiger partial charge on any atom is 0.303 e. The van der Waals surface area contributed by atoms with E-state index in [0.29, 0.717) is 12.0 Å². The summed E-state index contributed by atoms with van der Waals surface area (Å²) < 4.78 is 0. The van der Waals surface area contributed by atoms with Crippen LogP contribution in [0.3, 0.4) is 0 Å². The first kappa shape index (κ1) is 21.1. The number of carbonyl (C=O) groups is 3. The summed E-state index contributed by atoms with van der Waals surface area (Å²) in [6.07, 6.45) is 3.08. The number of carboxylic acids is 1. The van der Waals surface area contributed by atoms with Crippen LogP contribution in [0.2, 0.25) is 0 Å². The van der Waals surface area contributed by atoms with Gasteiger partial charge in [0.05, 0.1) is 12.0 Å². The first-order chi connectivity index (χ1) is 13.2. The van der Waals surface area contributed by atoms with Crippen LogP contribution >= 0.6 is 0 Å². The molecule has 2 rings (SSSR count). The van der Waals surface area contributed by atoms with Gasteiger partial charge in [-0.1, -0.05) is 45.0 Å². The lowest BCUT2D eigenvalue weighted by atomic mass is 9.86. The van der Waals surface area contributed by atoms with Crippen LogP contribution in [0.25, 0.3) is 0 Å². The monoisotopic (exact) mass is 383 g/mol. The number of aliphatic carboxylic acids is 1. The number of pyridine rings is 1. The zero-order valence-corrected chi connectivity index (χ0v) is 16.3. The van der Waals surface area contributed by atoms with Crippen molar-refractivity contribution in [3.63, 3.8) is 0 Å². The molecule has 28 heavy (non-hydrogen) atoms. The van der Waals surface area contributed by atoms with Gasteiger partial charge in [-0.2, -0.15) is 0 Å². The van der Waals surface area contributed by atoms with Crippen molar-refractivity contribution in [2.45, 2.75) is 45.4 Å². The van der Waals surface area contributed by atoms with Crippen LogP contribution in [0.15, 0.2) is 42.7 Å². The SMILES string of the molecule is CC(C)(C)c1ccc(Cc2ccncc2C(=O)NNC(=O)CCC(=O)O)cc1. The predicted molar refractivity (Wildman–Crippen MR) is 105 cm³/mol. The van der Waals surface area contributed by atoms with Crippen molar-refractivity contribution in [3.8, 4) is 0 Å². The number of hydrogen-bond donors (Lipinski definition) is 3. The molecule has 2 amide bonds. The van der Waals surface area contributed by atoms with E-state index in [1.165, 1.54) is 11.8 Å². The fourth-order valence-corrected chi connectivity index (χ4v) is 2.60. The molecule has 0 saturated heterocycles. The van der Waals surface area contributed by atoms with Crippen LogP contribution in [0.5, 0.6) is 0 Å². The average Bonchev–Trinajstić information content (AvgIpc) is 2.64. The lowest BCUT2D eigenvalue weighted by Crippen LogP contribution is -2.42. The Morgan fingerprint density at radius 3 is 2.29 bits per heavy atom. The Balaban J connectivity index is 2.05. The molecule has 0 aliphatic heterocycles. The van der Waals surface area contributed by atoms with Crippen molar-refractivity contribution < 1.29 is 19.5 Å². The number of carboxylic acid groups (broad SMARTS) is 1. The molecule has 0 fully saturated rings. The molecular weight excluding hydrogens is 358 g/mol. The van der Waals surface area contributed by atoms with Crippen molar-refractivity contribution in [2.24, 2.45) is 0 Å². The fraction of sp³-hybridized carbons (Fsp3) is 0.333. The van der Waals surface area contributed by atoms with Crippen molar-refractivity contribution in [1.29, 1.82) is 0 Å². The van der Waals surface area contributed by atoms with Gasteiger partial charge in [0.1, 0.15) is 0 Å². The maximum atomic E-state index is 12.4. The van der Waals surface area contributed by atoms with E-state index in [0.717, 1.165) is 11.1 Å². The highest BCUT2D eigenvalue weighted by molar-refractivity contribution is 5.96. The van der Waals surface area contributed by atoms with Crippen LogP contribution in [-0.4, -0.2) is 27.9 Å². The van der Waals surface area contributed by atoms with Crippen LogP contribution in [0.4, 0.5) is 0 Å². The van der Waals surface area contributed by atoms with Gasteiger partial charge in [0.15, 0.2) is 0 Å². The number of hydrogen-bond acceptors (Lipinski definition) is 4. The Bertz CT molecular complexity index is 855. The van der Waals surface area contributed by atoms with Crippen molar-refractivity contribution in [2.75, 3.05) is 0 Å². The number of nitrogens with one attached hydrogen (secondary N) is 2. The summed E-state index contributed by atoms with van der Waals surface area (Å²) in [6, 6.07) is 10.0. The van der Waals surface area contributed by atoms with Gasteiger partial charge in [-0.15, -0.1) is 0 Å².